The predicted molar refractivity (Wildman–Crippen MR) is 124 cm³/mol. The Morgan fingerprint density at radius 1 is 1.03 bits per heavy atom. The van der Waals surface area contributed by atoms with Gasteiger partial charge in [-0.2, -0.15) is 5.26 Å². The van der Waals surface area contributed by atoms with Gasteiger partial charge in [-0.1, -0.05) is 41.9 Å². The molecule has 1 heterocycles. The van der Waals surface area contributed by atoms with Gasteiger partial charge < -0.3 is 9.88 Å². The smallest absolute Gasteiger partial charge is 0.307 e. The SMILES string of the molecule is N#CCCN(C(=O)c1ccc(Cl)c(-n2c(=O)[nH]c3ccccc3c2=O)c1)c1ccccc1. The molecule has 0 saturated heterocycles. The molecular formula is C24H17ClN4O3. The second-order valence-corrected chi connectivity index (χ2v) is 7.39. The lowest BCUT2D eigenvalue weighted by Crippen LogP contribution is -2.35. The summed E-state index contributed by atoms with van der Waals surface area (Å²) >= 11 is 6.33. The van der Waals surface area contributed by atoms with Crippen LogP contribution >= 0.6 is 11.6 Å². The van der Waals surface area contributed by atoms with Gasteiger partial charge in [0.1, 0.15) is 0 Å². The first-order valence-electron chi connectivity index (χ1n) is 9.79. The highest BCUT2D eigenvalue weighted by Gasteiger charge is 2.20. The number of aromatic amines is 1. The number of nitriles is 1. The lowest BCUT2D eigenvalue weighted by Gasteiger charge is -2.22. The van der Waals surface area contributed by atoms with Crippen molar-refractivity contribution in [3.63, 3.8) is 0 Å². The van der Waals surface area contributed by atoms with E-state index in [9.17, 15) is 14.4 Å². The van der Waals surface area contributed by atoms with E-state index in [1.165, 1.54) is 23.1 Å². The van der Waals surface area contributed by atoms with Crippen molar-refractivity contribution in [3.8, 4) is 11.8 Å². The van der Waals surface area contributed by atoms with E-state index >= 15 is 0 Å². The van der Waals surface area contributed by atoms with Gasteiger partial charge in [-0.05, 0) is 42.5 Å². The van der Waals surface area contributed by atoms with Crippen LogP contribution in [0.15, 0.2) is 82.4 Å². The van der Waals surface area contributed by atoms with Gasteiger partial charge >= 0.3 is 5.69 Å². The first-order valence-corrected chi connectivity index (χ1v) is 10.2. The second kappa shape index (κ2) is 8.92. The molecule has 0 unspecified atom stereocenters. The molecule has 1 N–H and O–H groups in total. The molecule has 0 atom stereocenters. The molecular weight excluding hydrogens is 428 g/mol. The molecule has 0 saturated carbocycles. The molecule has 4 aromatic rings. The molecule has 32 heavy (non-hydrogen) atoms. The molecule has 0 radical (unpaired) electrons. The average Bonchev–Trinajstić information content (AvgIpc) is 2.81. The highest BCUT2D eigenvalue weighted by molar-refractivity contribution is 6.32. The quantitative estimate of drug-likeness (QED) is 0.504. The normalized spacial score (nSPS) is 10.6. The Morgan fingerprint density at radius 2 is 1.75 bits per heavy atom. The van der Waals surface area contributed by atoms with E-state index < -0.39 is 11.2 Å². The summed E-state index contributed by atoms with van der Waals surface area (Å²) < 4.78 is 0.920. The number of H-pyrrole nitrogens is 1. The Kier molecular flexibility index (Phi) is 5.88. The zero-order chi connectivity index (χ0) is 22.7. The summed E-state index contributed by atoms with van der Waals surface area (Å²) in [7, 11) is 0. The van der Waals surface area contributed by atoms with Crippen LogP contribution in [0.3, 0.4) is 0 Å². The predicted octanol–water partition coefficient (Wildman–Crippen LogP) is 3.89. The number of benzene rings is 3. The summed E-state index contributed by atoms with van der Waals surface area (Å²) in [5.41, 5.74) is 0.164. The number of nitrogens with one attached hydrogen (secondary N) is 1. The van der Waals surface area contributed by atoms with Crippen LogP contribution in [0.4, 0.5) is 5.69 Å². The summed E-state index contributed by atoms with van der Waals surface area (Å²) in [4.78, 5) is 43.2. The Balaban J connectivity index is 1.84. The van der Waals surface area contributed by atoms with Crippen molar-refractivity contribution in [1.82, 2.24) is 9.55 Å². The standard InChI is InChI=1S/C24H17ClN4O3/c25-19-12-11-16(22(30)28(14-6-13-26)17-7-2-1-3-8-17)15-21(19)29-23(31)18-9-4-5-10-20(18)27-24(29)32/h1-5,7-12,15H,6,14H2,(H,27,32). The molecule has 0 fully saturated rings. The molecule has 4 rings (SSSR count). The molecule has 3 aromatic carbocycles. The topological polar surface area (TPSA) is 99.0 Å². The van der Waals surface area contributed by atoms with Crippen molar-refractivity contribution in [2.45, 2.75) is 6.42 Å². The van der Waals surface area contributed by atoms with Crippen molar-refractivity contribution in [3.05, 3.63) is 104 Å². The monoisotopic (exact) mass is 444 g/mol. The Bertz CT molecular complexity index is 1470. The summed E-state index contributed by atoms with van der Waals surface area (Å²) in [6.07, 6.45) is 0.144. The number of aromatic nitrogens is 2. The Morgan fingerprint density at radius 3 is 2.50 bits per heavy atom. The minimum atomic E-state index is -0.662. The molecule has 0 aliphatic carbocycles. The zero-order valence-corrected chi connectivity index (χ0v) is 17.5. The number of rotatable bonds is 5. The fourth-order valence-electron chi connectivity index (χ4n) is 3.47. The fourth-order valence-corrected chi connectivity index (χ4v) is 3.67. The summed E-state index contributed by atoms with van der Waals surface area (Å²) in [5, 5.41) is 9.47. The van der Waals surface area contributed by atoms with Crippen LogP contribution in [0.2, 0.25) is 5.02 Å². The van der Waals surface area contributed by atoms with Gasteiger partial charge in [-0.25, -0.2) is 9.36 Å². The van der Waals surface area contributed by atoms with E-state index in [1.54, 1.807) is 48.5 Å². The summed E-state index contributed by atoms with van der Waals surface area (Å²) in [6, 6.07) is 22.1. The lowest BCUT2D eigenvalue weighted by atomic mass is 10.1. The third-order valence-corrected chi connectivity index (χ3v) is 5.32. The first kappa shape index (κ1) is 21.1. The van der Waals surface area contributed by atoms with E-state index in [0.717, 1.165) is 4.57 Å². The highest BCUT2D eigenvalue weighted by Crippen LogP contribution is 2.23. The van der Waals surface area contributed by atoms with E-state index in [-0.39, 0.29) is 35.1 Å². The number of hydrogen-bond acceptors (Lipinski definition) is 4. The van der Waals surface area contributed by atoms with E-state index in [1.807, 2.05) is 12.1 Å². The minimum absolute atomic E-state index is 0.0998. The third-order valence-electron chi connectivity index (χ3n) is 5.00. The molecule has 158 valence electrons. The lowest BCUT2D eigenvalue weighted by molar-refractivity contribution is 0.0987. The van der Waals surface area contributed by atoms with Crippen LogP contribution in [0.25, 0.3) is 16.6 Å². The average molecular weight is 445 g/mol. The van der Waals surface area contributed by atoms with Crippen LogP contribution in [0.1, 0.15) is 16.8 Å². The molecule has 0 spiro atoms. The van der Waals surface area contributed by atoms with E-state index in [0.29, 0.717) is 16.6 Å². The third kappa shape index (κ3) is 3.92. The first-order chi connectivity index (χ1) is 15.5. The van der Waals surface area contributed by atoms with Crippen molar-refractivity contribution >= 4 is 34.1 Å². The maximum Gasteiger partial charge on any atom is 0.333 e. The molecule has 7 nitrogen and oxygen atoms in total. The molecule has 0 bridgehead atoms. The maximum atomic E-state index is 13.3. The van der Waals surface area contributed by atoms with Crippen LogP contribution in [-0.4, -0.2) is 22.0 Å². The van der Waals surface area contributed by atoms with Crippen LogP contribution in [0, 0.1) is 11.3 Å². The highest BCUT2D eigenvalue weighted by atomic mass is 35.5. The summed E-state index contributed by atoms with van der Waals surface area (Å²) in [6.45, 7) is 0.188. The van der Waals surface area contributed by atoms with Crippen molar-refractivity contribution in [2.75, 3.05) is 11.4 Å². The molecule has 8 heteroatoms. The fraction of sp³-hybridized carbons (Fsp3) is 0.0833. The number of nitrogens with zero attached hydrogens (tertiary/aromatic N) is 3. The van der Waals surface area contributed by atoms with Gasteiger partial charge in [0, 0.05) is 17.8 Å². The number of anilines is 1. The Labute approximate surface area is 187 Å². The largest absolute Gasteiger partial charge is 0.333 e. The molecule has 0 aliphatic rings. The van der Waals surface area contributed by atoms with Gasteiger partial charge in [0.15, 0.2) is 0 Å². The van der Waals surface area contributed by atoms with E-state index in [2.05, 4.69) is 4.98 Å². The number of para-hydroxylation sites is 2. The van der Waals surface area contributed by atoms with Crippen LogP contribution < -0.4 is 16.1 Å². The summed E-state index contributed by atoms with van der Waals surface area (Å²) in [5.74, 6) is -0.380. The second-order valence-electron chi connectivity index (χ2n) is 6.98. The van der Waals surface area contributed by atoms with Gasteiger partial charge in [0.25, 0.3) is 11.5 Å². The number of hydrogen-bond donors (Lipinski definition) is 1. The van der Waals surface area contributed by atoms with Gasteiger partial charge in [0.05, 0.1) is 34.1 Å². The molecule has 1 amide bonds. The van der Waals surface area contributed by atoms with Crippen LogP contribution in [0.5, 0.6) is 0 Å². The molecule has 0 aliphatic heterocycles. The Hall–Kier alpha value is -4.15. The minimum Gasteiger partial charge on any atom is -0.307 e. The maximum absolute atomic E-state index is 13.3. The number of fused-ring (bicyclic) bond motifs is 1. The number of amides is 1. The van der Waals surface area contributed by atoms with Gasteiger partial charge in [-0.3, -0.25) is 9.59 Å². The van der Waals surface area contributed by atoms with E-state index in [4.69, 9.17) is 16.9 Å². The number of carbonyl (C=O) groups excluding carboxylic acids is 1. The van der Waals surface area contributed by atoms with Crippen molar-refractivity contribution in [1.29, 1.82) is 5.26 Å². The number of halogens is 1. The van der Waals surface area contributed by atoms with Gasteiger partial charge in [0.2, 0.25) is 0 Å². The van der Waals surface area contributed by atoms with Crippen molar-refractivity contribution < 1.29 is 4.79 Å². The van der Waals surface area contributed by atoms with Crippen LogP contribution in [-0.2, 0) is 0 Å². The molecule has 1 aromatic heterocycles. The zero-order valence-electron chi connectivity index (χ0n) is 16.8. The van der Waals surface area contributed by atoms with Crippen molar-refractivity contribution in [2.24, 2.45) is 0 Å². The van der Waals surface area contributed by atoms with Gasteiger partial charge in [-0.15, -0.1) is 0 Å². The number of carbonyl (C=O) groups is 1.